The standard InChI is InChI=1S/C20H24N4O3/c1-4-24-18(21-22(3)20(24)26)15-8-6-10-23(12-15)19(25)16-9-5-7-14-11-13(2)27-17(14)16/h5,7,9,11,15H,4,6,8,10,12H2,1-3H3. The third-order valence-electron chi connectivity index (χ3n) is 5.32. The molecule has 1 atom stereocenters. The molecule has 142 valence electrons. The number of aryl methyl sites for hydroxylation is 2. The van der Waals surface area contributed by atoms with Crippen molar-refractivity contribution < 1.29 is 9.21 Å². The van der Waals surface area contributed by atoms with E-state index in [1.807, 2.05) is 43.0 Å². The number of carbonyl (C=O) groups excluding carboxylic acids is 1. The summed E-state index contributed by atoms with van der Waals surface area (Å²) in [5, 5.41) is 5.38. The minimum atomic E-state index is -0.105. The predicted octanol–water partition coefficient (Wildman–Crippen LogP) is 2.68. The fourth-order valence-corrected chi connectivity index (χ4v) is 4.03. The van der Waals surface area contributed by atoms with Crippen molar-refractivity contribution in [3.63, 3.8) is 0 Å². The summed E-state index contributed by atoms with van der Waals surface area (Å²) in [7, 11) is 1.67. The lowest BCUT2D eigenvalue weighted by atomic mass is 9.96. The van der Waals surface area contributed by atoms with E-state index in [0.29, 0.717) is 30.8 Å². The molecule has 1 aliphatic heterocycles. The molecule has 27 heavy (non-hydrogen) atoms. The average molecular weight is 368 g/mol. The molecule has 0 N–H and O–H groups in total. The zero-order valence-electron chi connectivity index (χ0n) is 15.9. The minimum absolute atomic E-state index is 0.0269. The summed E-state index contributed by atoms with van der Waals surface area (Å²) in [6.07, 6.45) is 1.81. The van der Waals surface area contributed by atoms with Crippen LogP contribution in [0.1, 0.15) is 47.6 Å². The summed E-state index contributed by atoms with van der Waals surface area (Å²) < 4.78 is 8.85. The van der Waals surface area contributed by atoms with Gasteiger partial charge in [-0.15, -0.1) is 0 Å². The third kappa shape index (κ3) is 2.97. The topological polar surface area (TPSA) is 73.3 Å². The van der Waals surface area contributed by atoms with Gasteiger partial charge < -0.3 is 9.32 Å². The number of hydrogen-bond donors (Lipinski definition) is 0. The molecule has 1 unspecified atom stereocenters. The Hall–Kier alpha value is -2.83. The highest BCUT2D eigenvalue weighted by Gasteiger charge is 2.30. The first-order chi connectivity index (χ1) is 13.0. The SMILES string of the molecule is CCn1c(C2CCCN(C(=O)c3cccc4cc(C)oc34)C2)nn(C)c1=O. The van der Waals surface area contributed by atoms with Gasteiger partial charge in [-0.3, -0.25) is 9.36 Å². The summed E-state index contributed by atoms with van der Waals surface area (Å²) in [5.74, 6) is 1.60. The Morgan fingerprint density at radius 1 is 1.37 bits per heavy atom. The van der Waals surface area contributed by atoms with E-state index in [-0.39, 0.29) is 17.5 Å². The smallest absolute Gasteiger partial charge is 0.345 e. The second-order valence-corrected chi connectivity index (χ2v) is 7.18. The number of furan rings is 1. The van der Waals surface area contributed by atoms with E-state index in [4.69, 9.17) is 4.42 Å². The number of hydrogen-bond acceptors (Lipinski definition) is 4. The van der Waals surface area contributed by atoms with Gasteiger partial charge in [0.15, 0.2) is 0 Å². The van der Waals surface area contributed by atoms with Gasteiger partial charge in [0.2, 0.25) is 0 Å². The van der Waals surface area contributed by atoms with Crippen molar-refractivity contribution >= 4 is 16.9 Å². The Balaban J connectivity index is 1.64. The summed E-state index contributed by atoms with van der Waals surface area (Å²) in [6, 6.07) is 7.60. The monoisotopic (exact) mass is 368 g/mol. The zero-order chi connectivity index (χ0) is 19.1. The number of benzene rings is 1. The largest absolute Gasteiger partial charge is 0.461 e. The van der Waals surface area contributed by atoms with Crippen LogP contribution in [0.25, 0.3) is 11.0 Å². The van der Waals surface area contributed by atoms with Gasteiger partial charge in [0.1, 0.15) is 17.2 Å². The quantitative estimate of drug-likeness (QED) is 0.712. The summed E-state index contributed by atoms with van der Waals surface area (Å²) in [6.45, 7) is 5.67. The Bertz CT molecular complexity index is 1060. The number of rotatable bonds is 3. The fraction of sp³-hybridized carbons (Fsp3) is 0.450. The summed E-state index contributed by atoms with van der Waals surface area (Å²) in [5.41, 5.74) is 1.13. The number of fused-ring (bicyclic) bond motifs is 1. The Kier molecular flexibility index (Phi) is 4.37. The van der Waals surface area contributed by atoms with Crippen molar-refractivity contribution in [2.24, 2.45) is 7.05 Å². The second-order valence-electron chi connectivity index (χ2n) is 7.18. The number of carbonyl (C=O) groups is 1. The molecule has 7 nitrogen and oxygen atoms in total. The third-order valence-corrected chi connectivity index (χ3v) is 5.32. The molecule has 0 saturated carbocycles. The molecule has 1 saturated heterocycles. The van der Waals surface area contributed by atoms with Crippen LogP contribution in [-0.4, -0.2) is 38.2 Å². The molecule has 0 aliphatic carbocycles. The average Bonchev–Trinajstić information content (AvgIpc) is 3.19. The molecule has 1 aliphatic rings. The van der Waals surface area contributed by atoms with Crippen molar-refractivity contribution in [3.05, 3.63) is 51.9 Å². The lowest BCUT2D eigenvalue weighted by Crippen LogP contribution is -2.40. The molecule has 2 aromatic heterocycles. The summed E-state index contributed by atoms with van der Waals surface area (Å²) in [4.78, 5) is 27.3. The van der Waals surface area contributed by atoms with Crippen LogP contribution in [0.2, 0.25) is 0 Å². The molecule has 1 aromatic carbocycles. The van der Waals surface area contributed by atoms with E-state index in [1.54, 1.807) is 11.6 Å². The van der Waals surface area contributed by atoms with E-state index in [1.165, 1.54) is 4.68 Å². The highest BCUT2D eigenvalue weighted by Crippen LogP contribution is 2.29. The molecule has 3 heterocycles. The normalized spacial score (nSPS) is 17.6. The van der Waals surface area contributed by atoms with Crippen molar-refractivity contribution in [2.75, 3.05) is 13.1 Å². The fourth-order valence-electron chi connectivity index (χ4n) is 4.03. The molecule has 1 amide bonds. The first-order valence-electron chi connectivity index (χ1n) is 9.41. The van der Waals surface area contributed by atoms with Crippen molar-refractivity contribution in [1.29, 1.82) is 0 Å². The lowest BCUT2D eigenvalue weighted by molar-refractivity contribution is 0.0704. The van der Waals surface area contributed by atoms with Crippen LogP contribution in [-0.2, 0) is 13.6 Å². The maximum absolute atomic E-state index is 13.2. The van der Waals surface area contributed by atoms with Crippen LogP contribution >= 0.6 is 0 Å². The van der Waals surface area contributed by atoms with Crippen LogP contribution in [0.3, 0.4) is 0 Å². The molecule has 3 aromatic rings. The Labute approximate surface area is 157 Å². The highest BCUT2D eigenvalue weighted by atomic mass is 16.3. The van der Waals surface area contributed by atoms with Crippen LogP contribution in [0.15, 0.2) is 33.5 Å². The van der Waals surface area contributed by atoms with Crippen molar-refractivity contribution in [1.82, 2.24) is 19.2 Å². The van der Waals surface area contributed by atoms with Crippen LogP contribution < -0.4 is 5.69 Å². The number of amides is 1. The first kappa shape index (κ1) is 17.6. The van der Waals surface area contributed by atoms with Gasteiger partial charge in [-0.25, -0.2) is 9.48 Å². The molecule has 4 rings (SSSR count). The molecule has 0 radical (unpaired) electrons. The van der Waals surface area contributed by atoms with E-state index in [0.717, 1.165) is 29.8 Å². The predicted molar refractivity (Wildman–Crippen MR) is 102 cm³/mol. The van der Waals surface area contributed by atoms with Gasteiger partial charge >= 0.3 is 5.69 Å². The molecule has 1 fully saturated rings. The molecule has 0 bridgehead atoms. The zero-order valence-corrected chi connectivity index (χ0v) is 15.9. The number of likely N-dealkylation sites (tertiary alicyclic amines) is 1. The van der Waals surface area contributed by atoms with Gasteiger partial charge in [0, 0.05) is 38.0 Å². The highest BCUT2D eigenvalue weighted by molar-refractivity contribution is 6.05. The van der Waals surface area contributed by atoms with E-state index < -0.39 is 0 Å². The van der Waals surface area contributed by atoms with E-state index in [2.05, 4.69) is 5.10 Å². The number of aromatic nitrogens is 3. The Morgan fingerprint density at radius 2 is 2.19 bits per heavy atom. The molecular formula is C20H24N4O3. The van der Waals surface area contributed by atoms with Crippen LogP contribution in [0, 0.1) is 6.92 Å². The number of para-hydroxylation sites is 1. The Morgan fingerprint density at radius 3 is 2.96 bits per heavy atom. The minimum Gasteiger partial charge on any atom is -0.461 e. The van der Waals surface area contributed by atoms with Crippen LogP contribution in [0.5, 0.6) is 0 Å². The van der Waals surface area contributed by atoms with Crippen LogP contribution in [0.4, 0.5) is 0 Å². The van der Waals surface area contributed by atoms with Gasteiger partial charge in [-0.1, -0.05) is 12.1 Å². The number of nitrogens with zero attached hydrogens (tertiary/aromatic N) is 4. The van der Waals surface area contributed by atoms with Gasteiger partial charge in [-0.2, -0.15) is 5.10 Å². The van der Waals surface area contributed by atoms with Gasteiger partial charge in [-0.05, 0) is 38.8 Å². The second kappa shape index (κ2) is 6.72. The van der Waals surface area contributed by atoms with E-state index >= 15 is 0 Å². The molecular weight excluding hydrogens is 344 g/mol. The van der Waals surface area contributed by atoms with Gasteiger partial charge in [0.05, 0.1) is 5.56 Å². The van der Waals surface area contributed by atoms with Crippen molar-refractivity contribution in [3.8, 4) is 0 Å². The van der Waals surface area contributed by atoms with Crippen molar-refractivity contribution in [2.45, 2.75) is 39.2 Å². The maximum Gasteiger partial charge on any atom is 0.345 e. The molecule has 7 heteroatoms. The lowest BCUT2D eigenvalue weighted by Gasteiger charge is -2.32. The maximum atomic E-state index is 13.2. The molecule has 0 spiro atoms. The summed E-state index contributed by atoms with van der Waals surface area (Å²) >= 11 is 0. The first-order valence-corrected chi connectivity index (χ1v) is 9.41. The number of piperidine rings is 1. The van der Waals surface area contributed by atoms with E-state index in [9.17, 15) is 9.59 Å². The van der Waals surface area contributed by atoms with Gasteiger partial charge in [0.25, 0.3) is 5.91 Å².